The van der Waals surface area contributed by atoms with E-state index in [1.807, 2.05) is 12.1 Å². The van der Waals surface area contributed by atoms with Crippen LogP contribution in [0, 0.1) is 5.82 Å². The van der Waals surface area contributed by atoms with Crippen molar-refractivity contribution >= 4 is 16.3 Å². The van der Waals surface area contributed by atoms with Gasteiger partial charge in [0.15, 0.2) is 0 Å². The van der Waals surface area contributed by atoms with Crippen LogP contribution in [0.4, 0.5) is 4.39 Å². The SMILES string of the molecule is C=C1c2cc(F)ccc2COC12OCc1cc3ccccc3cc12. The van der Waals surface area contributed by atoms with E-state index < -0.39 is 5.79 Å². The highest BCUT2D eigenvalue weighted by atomic mass is 19.1. The van der Waals surface area contributed by atoms with E-state index in [0.717, 1.165) is 27.6 Å². The molecule has 2 aliphatic heterocycles. The summed E-state index contributed by atoms with van der Waals surface area (Å²) in [5, 5.41) is 2.30. The second-order valence-corrected chi connectivity index (χ2v) is 6.33. The lowest BCUT2D eigenvalue weighted by Crippen LogP contribution is -2.34. The molecule has 0 fully saturated rings. The smallest absolute Gasteiger partial charge is 0.223 e. The van der Waals surface area contributed by atoms with Crippen LogP contribution in [-0.4, -0.2) is 0 Å². The highest BCUT2D eigenvalue weighted by Gasteiger charge is 2.47. The van der Waals surface area contributed by atoms with Gasteiger partial charge in [0.25, 0.3) is 0 Å². The third-order valence-corrected chi connectivity index (χ3v) is 4.98. The zero-order valence-electron chi connectivity index (χ0n) is 13.0. The molecule has 3 aromatic carbocycles. The van der Waals surface area contributed by atoms with Crippen LogP contribution >= 0.6 is 0 Å². The first-order valence-corrected chi connectivity index (χ1v) is 7.96. The number of hydrogen-bond donors (Lipinski definition) is 0. The van der Waals surface area contributed by atoms with Crippen LogP contribution in [0.15, 0.2) is 61.2 Å². The van der Waals surface area contributed by atoms with Gasteiger partial charge in [-0.05, 0) is 51.7 Å². The Morgan fingerprint density at radius 3 is 2.38 bits per heavy atom. The van der Waals surface area contributed by atoms with Crippen LogP contribution in [0.2, 0.25) is 0 Å². The number of halogens is 1. The van der Waals surface area contributed by atoms with Crippen molar-refractivity contribution in [2.75, 3.05) is 0 Å². The standard InChI is InChI=1S/C21H15FO2/c1-13-19-10-18(22)7-6-16(19)11-23-21(13)20-9-15-5-3-2-4-14(15)8-17(20)12-24-21/h2-10H,1,11-12H2. The highest BCUT2D eigenvalue weighted by Crippen LogP contribution is 2.50. The molecule has 5 rings (SSSR count). The van der Waals surface area contributed by atoms with Crippen LogP contribution in [0.1, 0.15) is 22.3 Å². The van der Waals surface area contributed by atoms with E-state index in [4.69, 9.17) is 9.47 Å². The molecule has 0 bridgehead atoms. The Morgan fingerprint density at radius 2 is 1.58 bits per heavy atom. The van der Waals surface area contributed by atoms with Crippen LogP contribution in [0.25, 0.3) is 16.3 Å². The molecule has 1 spiro atoms. The lowest BCUT2D eigenvalue weighted by Gasteiger charge is -2.36. The molecule has 0 amide bonds. The lowest BCUT2D eigenvalue weighted by atomic mass is 9.86. The average Bonchev–Trinajstić information content (AvgIpc) is 2.96. The minimum Gasteiger partial charge on any atom is -0.337 e. The number of ether oxygens (including phenoxy) is 2. The quantitative estimate of drug-likeness (QED) is 0.586. The Kier molecular flexibility index (Phi) is 2.76. The summed E-state index contributed by atoms with van der Waals surface area (Å²) in [5.41, 5.74) is 4.44. The fourth-order valence-electron chi connectivity index (χ4n) is 3.74. The second-order valence-electron chi connectivity index (χ2n) is 6.33. The van der Waals surface area contributed by atoms with E-state index in [1.54, 1.807) is 6.07 Å². The Labute approximate surface area is 139 Å². The predicted octanol–water partition coefficient (Wildman–Crippen LogP) is 4.91. The zero-order chi connectivity index (χ0) is 16.3. The van der Waals surface area contributed by atoms with E-state index >= 15 is 0 Å². The molecule has 3 aromatic rings. The van der Waals surface area contributed by atoms with Gasteiger partial charge in [-0.25, -0.2) is 4.39 Å². The first-order valence-electron chi connectivity index (χ1n) is 7.96. The fraction of sp³-hybridized carbons (Fsp3) is 0.143. The molecule has 2 heterocycles. The predicted molar refractivity (Wildman–Crippen MR) is 90.6 cm³/mol. The summed E-state index contributed by atoms with van der Waals surface area (Å²) < 4.78 is 25.9. The van der Waals surface area contributed by atoms with Gasteiger partial charge in [-0.15, -0.1) is 0 Å². The lowest BCUT2D eigenvalue weighted by molar-refractivity contribution is -0.207. The van der Waals surface area contributed by atoms with Gasteiger partial charge in [0.1, 0.15) is 5.82 Å². The van der Waals surface area contributed by atoms with Gasteiger partial charge in [-0.2, -0.15) is 0 Å². The number of fused-ring (bicyclic) bond motifs is 4. The summed E-state index contributed by atoms with van der Waals surface area (Å²) in [4.78, 5) is 0. The Balaban J connectivity index is 1.72. The summed E-state index contributed by atoms with van der Waals surface area (Å²) in [5.74, 6) is -1.29. The van der Waals surface area contributed by atoms with E-state index in [2.05, 4.69) is 30.8 Å². The molecule has 0 saturated carbocycles. The van der Waals surface area contributed by atoms with Gasteiger partial charge in [-0.3, -0.25) is 0 Å². The molecular formula is C21H15FO2. The number of rotatable bonds is 0. The van der Waals surface area contributed by atoms with Crippen molar-refractivity contribution in [3.05, 3.63) is 89.2 Å². The topological polar surface area (TPSA) is 18.5 Å². The normalized spacial score (nSPS) is 22.0. The Bertz CT molecular complexity index is 1010. The van der Waals surface area contributed by atoms with Gasteiger partial charge < -0.3 is 9.47 Å². The van der Waals surface area contributed by atoms with Crippen molar-refractivity contribution in [3.63, 3.8) is 0 Å². The molecule has 24 heavy (non-hydrogen) atoms. The van der Waals surface area contributed by atoms with Crippen molar-refractivity contribution in [3.8, 4) is 0 Å². The molecule has 1 unspecified atom stereocenters. The van der Waals surface area contributed by atoms with E-state index in [-0.39, 0.29) is 5.82 Å². The van der Waals surface area contributed by atoms with Crippen LogP contribution in [0.3, 0.4) is 0 Å². The highest BCUT2D eigenvalue weighted by molar-refractivity contribution is 5.86. The van der Waals surface area contributed by atoms with Crippen molar-refractivity contribution in [1.82, 2.24) is 0 Å². The second kappa shape index (κ2) is 4.76. The van der Waals surface area contributed by atoms with E-state index in [9.17, 15) is 4.39 Å². The van der Waals surface area contributed by atoms with Gasteiger partial charge in [0, 0.05) is 11.1 Å². The molecule has 2 aliphatic rings. The van der Waals surface area contributed by atoms with E-state index in [1.165, 1.54) is 17.5 Å². The summed E-state index contributed by atoms with van der Waals surface area (Å²) in [6.07, 6.45) is 0. The zero-order valence-corrected chi connectivity index (χ0v) is 13.0. The van der Waals surface area contributed by atoms with Crippen LogP contribution in [0.5, 0.6) is 0 Å². The minimum atomic E-state index is -1.01. The number of benzene rings is 3. The third kappa shape index (κ3) is 1.77. The molecule has 1 atom stereocenters. The van der Waals surface area contributed by atoms with E-state index in [0.29, 0.717) is 18.8 Å². The summed E-state index contributed by atoms with van der Waals surface area (Å²) in [7, 11) is 0. The van der Waals surface area contributed by atoms with Crippen molar-refractivity contribution in [2.45, 2.75) is 19.0 Å². The van der Waals surface area contributed by atoms with Crippen LogP contribution < -0.4 is 0 Å². The van der Waals surface area contributed by atoms with Gasteiger partial charge >= 0.3 is 0 Å². The molecule has 118 valence electrons. The van der Waals surface area contributed by atoms with Gasteiger partial charge in [0.2, 0.25) is 5.79 Å². The van der Waals surface area contributed by atoms with Gasteiger partial charge in [0.05, 0.1) is 13.2 Å². The van der Waals surface area contributed by atoms with Crippen LogP contribution in [-0.2, 0) is 28.5 Å². The maximum absolute atomic E-state index is 13.7. The van der Waals surface area contributed by atoms with Crippen molar-refractivity contribution < 1.29 is 13.9 Å². The Hall–Kier alpha value is -2.49. The van der Waals surface area contributed by atoms with Gasteiger partial charge in [-0.1, -0.05) is 36.9 Å². The molecule has 3 heteroatoms. The fourth-order valence-corrected chi connectivity index (χ4v) is 3.74. The maximum Gasteiger partial charge on any atom is 0.223 e. The summed E-state index contributed by atoms with van der Waals surface area (Å²) in [6.45, 7) is 5.03. The Morgan fingerprint density at radius 1 is 0.875 bits per heavy atom. The first-order chi connectivity index (χ1) is 11.7. The number of hydrogen-bond acceptors (Lipinski definition) is 2. The molecule has 0 N–H and O–H groups in total. The average molecular weight is 318 g/mol. The molecule has 0 aromatic heterocycles. The molecule has 0 aliphatic carbocycles. The summed E-state index contributed by atoms with van der Waals surface area (Å²) in [6, 6.07) is 17.1. The van der Waals surface area contributed by atoms with Crippen molar-refractivity contribution in [2.24, 2.45) is 0 Å². The first kappa shape index (κ1) is 13.9. The van der Waals surface area contributed by atoms with Crippen molar-refractivity contribution in [1.29, 1.82) is 0 Å². The molecule has 0 saturated heterocycles. The maximum atomic E-state index is 13.7. The molecule has 0 radical (unpaired) electrons. The molecule has 2 nitrogen and oxygen atoms in total. The third-order valence-electron chi connectivity index (χ3n) is 4.98. The monoisotopic (exact) mass is 318 g/mol. The minimum absolute atomic E-state index is 0.274. The largest absolute Gasteiger partial charge is 0.337 e. The summed E-state index contributed by atoms with van der Waals surface area (Å²) >= 11 is 0. The molecular weight excluding hydrogens is 303 g/mol.